The summed E-state index contributed by atoms with van der Waals surface area (Å²) in [5, 5.41) is 12.0. The summed E-state index contributed by atoms with van der Waals surface area (Å²) in [5.41, 5.74) is -0.103. The molecule has 0 bridgehead atoms. The van der Waals surface area contributed by atoms with E-state index in [4.69, 9.17) is 4.74 Å². The van der Waals surface area contributed by atoms with Crippen LogP contribution in [0.5, 0.6) is 0 Å². The second-order valence-corrected chi connectivity index (χ2v) is 6.69. The smallest absolute Gasteiger partial charge is 0.408 e. The normalized spacial score (nSPS) is 56.9. The molecule has 0 aromatic heterocycles. The van der Waals surface area contributed by atoms with Crippen LogP contribution in [0.2, 0.25) is 0 Å². The van der Waals surface area contributed by atoms with Gasteiger partial charge in [0.05, 0.1) is 0 Å². The summed E-state index contributed by atoms with van der Waals surface area (Å²) >= 11 is 0. The number of carboxylic acid groups (broad SMARTS) is 1. The van der Waals surface area contributed by atoms with Gasteiger partial charge in [0.2, 0.25) is 0 Å². The predicted molar refractivity (Wildman–Crippen MR) is 63.0 cm³/mol. The van der Waals surface area contributed by atoms with Crippen LogP contribution in [0, 0.1) is 46.8 Å². The van der Waals surface area contributed by atoms with Gasteiger partial charge in [-0.05, 0) is 41.4 Å². The van der Waals surface area contributed by atoms with Crippen molar-refractivity contribution in [2.75, 3.05) is 6.61 Å². The fourth-order valence-electron chi connectivity index (χ4n) is 6.79. The summed E-state index contributed by atoms with van der Waals surface area (Å²) in [6.45, 7) is 3.57. The van der Waals surface area contributed by atoms with Gasteiger partial charge in [0, 0.05) is 5.41 Å². The largest absolute Gasteiger partial charge is 0.480 e. The highest BCUT2D eigenvalue weighted by Gasteiger charge is 3.05. The Hall–Kier alpha value is -1.52. The van der Waals surface area contributed by atoms with Crippen LogP contribution in [0.25, 0.3) is 0 Å². The van der Waals surface area contributed by atoms with E-state index in [1.807, 2.05) is 0 Å². The van der Waals surface area contributed by atoms with Crippen LogP contribution in [0.1, 0.15) is 0 Å². The average Bonchev–Trinajstić information content (AvgIpc) is 2.42. The molecule has 0 spiro atoms. The molecule has 6 rings (SSSR count). The zero-order valence-corrected chi connectivity index (χ0v) is 10.3. The molecule has 0 aliphatic heterocycles. The van der Waals surface area contributed by atoms with Crippen molar-refractivity contribution in [3.05, 3.63) is 12.7 Å². The Balaban J connectivity index is 1.36. The molecule has 6 fully saturated rings. The minimum absolute atomic E-state index is 0.103. The van der Waals surface area contributed by atoms with Crippen molar-refractivity contribution in [2.45, 2.75) is 6.04 Å². The molecule has 0 saturated heterocycles. The Bertz CT molecular complexity index is 491. The maximum atomic E-state index is 11.6. The Labute approximate surface area is 110 Å². The van der Waals surface area contributed by atoms with Gasteiger partial charge in [-0.1, -0.05) is 12.7 Å². The average molecular weight is 261 g/mol. The molecule has 6 aliphatic rings. The maximum absolute atomic E-state index is 11.6. The van der Waals surface area contributed by atoms with Gasteiger partial charge >= 0.3 is 12.1 Å². The second kappa shape index (κ2) is 2.67. The third-order valence-electron chi connectivity index (χ3n) is 6.89. The van der Waals surface area contributed by atoms with Crippen molar-refractivity contribution >= 4 is 12.1 Å². The van der Waals surface area contributed by atoms with E-state index in [9.17, 15) is 14.7 Å². The van der Waals surface area contributed by atoms with E-state index in [1.165, 1.54) is 6.08 Å². The lowest BCUT2D eigenvalue weighted by atomic mass is 8.96. The van der Waals surface area contributed by atoms with Gasteiger partial charge in [-0.2, -0.15) is 0 Å². The molecule has 1 amide bonds. The van der Waals surface area contributed by atoms with Crippen LogP contribution in [-0.2, 0) is 9.53 Å². The van der Waals surface area contributed by atoms with Crippen LogP contribution in [0.3, 0.4) is 0 Å². The first-order valence-electron chi connectivity index (χ1n) is 6.92. The Morgan fingerprint density at radius 3 is 2.32 bits per heavy atom. The molecular formula is C14H15NO4. The van der Waals surface area contributed by atoms with Gasteiger partial charge in [0.1, 0.15) is 12.6 Å². The molecule has 6 saturated carbocycles. The first-order valence-corrected chi connectivity index (χ1v) is 6.92. The van der Waals surface area contributed by atoms with Crippen molar-refractivity contribution in [2.24, 2.45) is 46.8 Å². The number of ether oxygens (including phenoxy) is 1. The van der Waals surface area contributed by atoms with E-state index in [0.29, 0.717) is 17.8 Å². The van der Waals surface area contributed by atoms with Crippen LogP contribution in [0.15, 0.2) is 12.7 Å². The van der Waals surface area contributed by atoms with Gasteiger partial charge in [0.25, 0.3) is 0 Å². The molecule has 0 unspecified atom stereocenters. The van der Waals surface area contributed by atoms with Gasteiger partial charge < -0.3 is 15.2 Å². The lowest BCUT2D eigenvalue weighted by Gasteiger charge is -3.08. The molecule has 0 aromatic rings. The predicted octanol–water partition coefficient (Wildman–Crippen LogP) is 0.720. The number of carbonyl (C=O) groups is 2. The maximum Gasteiger partial charge on any atom is 0.408 e. The van der Waals surface area contributed by atoms with Crippen molar-refractivity contribution < 1.29 is 19.4 Å². The first-order chi connectivity index (χ1) is 9.15. The van der Waals surface area contributed by atoms with Gasteiger partial charge in [-0.3, -0.25) is 0 Å². The zero-order valence-electron chi connectivity index (χ0n) is 10.3. The standard InChI is InChI=1S/C14H15NO4/c1-2-3-19-13(18)15-11(12(16)17)14-8-5-4-6(8)10(14)7(4)9(5)14/h2,4-11H,1,3H2,(H,15,18)(H,16,17)/t4?,5?,6?,7?,8?,9?,10?,11-,14?/m1/s1. The first kappa shape index (κ1) is 10.3. The van der Waals surface area contributed by atoms with E-state index >= 15 is 0 Å². The molecule has 2 N–H and O–H groups in total. The summed E-state index contributed by atoms with van der Waals surface area (Å²) in [6, 6.07) is -0.755. The van der Waals surface area contributed by atoms with Crippen LogP contribution in [0.4, 0.5) is 4.79 Å². The third-order valence-corrected chi connectivity index (χ3v) is 6.89. The minimum Gasteiger partial charge on any atom is -0.480 e. The molecule has 0 heterocycles. The Morgan fingerprint density at radius 1 is 1.26 bits per heavy atom. The molecular weight excluding hydrogens is 246 g/mol. The highest BCUT2D eigenvalue weighted by atomic mass is 16.5. The topological polar surface area (TPSA) is 75.6 Å². The summed E-state index contributed by atoms with van der Waals surface area (Å²) in [5.74, 6) is 4.17. The minimum atomic E-state index is -0.911. The Kier molecular flexibility index (Phi) is 1.44. The SMILES string of the molecule is C=CCOC(=O)N[C@H](C(=O)O)C12C3C4C5C3C1C5C42. The summed E-state index contributed by atoms with van der Waals surface area (Å²) in [7, 11) is 0. The molecule has 5 nitrogen and oxygen atoms in total. The van der Waals surface area contributed by atoms with Crippen molar-refractivity contribution in [3.63, 3.8) is 0 Å². The van der Waals surface area contributed by atoms with Gasteiger partial charge in [-0.15, -0.1) is 0 Å². The second-order valence-electron chi connectivity index (χ2n) is 6.69. The number of hydrogen-bond donors (Lipinski definition) is 2. The summed E-state index contributed by atoms with van der Waals surface area (Å²) in [6.07, 6.45) is 0.834. The summed E-state index contributed by atoms with van der Waals surface area (Å²) in [4.78, 5) is 23.1. The zero-order chi connectivity index (χ0) is 13.1. The van der Waals surface area contributed by atoms with E-state index in [1.54, 1.807) is 0 Å². The number of nitrogens with one attached hydrogen (secondary N) is 1. The number of alkyl carbamates (subject to hydrolysis) is 1. The lowest BCUT2D eigenvalue weighted by molar-refractivity contribution is -0.617. The van der Waals surface area contributed by atoms with Crippen LogP contribution < -0.4 is 5.32 Å². The lowest BCUT2D eigenvalue weighted by Crippen LogP contribution is -3.08. The number of aliphatic carboxylic acids is 1. The highest BCUT2D eigenvalue weighted by molar-refractivity contribution is 5.83. The van der Waals surface area contributed by atoms with E-state index in [2.05, 4.69) is 11.9 Å². The Morgan fingerprint density at radius 2 is 1.84 bits per heavy atom. The summed E-state index contributed by atoms with van der Waals surface area (Å²) < 4.78 is 4.86. The van der Waals surface area contributed by atoms with Crippen molar-refractivity contribution in [1.29, 1.82) is 0 Å². The van der Waals surface area contributed by atoms with Gasteiger partial charge in [-0.25, -0.2) is 9.59 Å². The molecule has 0 radical (unpaired) electrons. The highest BCUT2D eigenvalue weighted by Crippen LogP contribution is 3.06. The molecule has 1 atom stereocenters. The monoisotopic (exact) mass is 261 g/mol. The number of carbonyl (C=O) groups excluding carboxylic acids is 1. The molecule has 100 valence electrons. The van der Waals surface area contributed by atoms with E-state index < -0.39 is 18.1 Å². The molecule has 6 aliphatic carbocycles. The molecule has 19 heavy (non-hydrogen) atoms. The number of rotatable bonds is 5. The third kappa shape index (κ3) is 0.696. The fraction of sp³-hybridized carbons (Fsp3) is 0.714. The van der Waals surface area contributed by atoms with Gasteiger partial charge in [0.15, 0.2) is 0 Å². The van der Waals surface area contributed by atoms with Crippen molar-refractivity contribution in [1.82, 2.24) is 5.32 Å². The van der Waals surface area contributed by atoms with Crippen LogP contribution in [-0.4, -0.2) is 29.8 Å². The number of amides is 1. The van der Waals surface area contributed by atoms with Crippen molar-refractivity contribution in [3.8, 4) is 0 Å². The van der Waals surface area contributed by atoms with E-state index in [-0.39, 0.29) is 12.0 Å². The van der Waals surface area contributed by atoms with Crippen LogP contribution >= 0.6 is 0 Å². The quantitative estimate of drug-likeness (QED) is 0.715. The van der Waals surface area contributed by atoms with E-state index in [0.717, 1.165) is 23.7 Å². The molecule has 5 heteroatoms. The fourth-order valence-corrected chi connectivity index (χ4v) is 6.79. The molecule has 0 aromatic carbocycles. The number of hydrogen-bond acceptors (Lipinski definition) is 3. The number of carboxylic acids is 1.